The summed E-state index contributed by atoms with van der Waals surface area (Å²) in [6, 6.07) is 9.48. The average molecular weight is 323 g/mol. The van der Waals surface area contributed by atoms with Gasteiger partial charge in [0.05, 0.1) is 11.4 Å². The molecule has 0 spiro atoms. The maximum absolute atomic E-state index is 13.1. The van der Waals surface area contributed by atoms with Crippen molar-refractivity contribution in [1.82, 2.24) is 4.90 Å². The molecule has 0 radical (unpaired) electrons. The third-order valence-corrected chi connectivity index (χ3v) is 6.39. The number of amides is 1. The van der Waals surface area contributed by atoms with Crippen LogP contribution in [0.5, 0.6) is 0 Å². The Labute approximate surface area is 135 Å². The summed E-state index contributed by atoms with van der Waals surface area (Å²) in [5, 5.41) is -0.681. The van der Waals surface area contributed by atoms with Gasteiger partial charge in [0.15, 0.2) is 0 Å². The zero-order valence-electron chi connectivity index (χ0n) is 13.5. The molecule has 0 saturated carbocycles. The predicted octanol–water partition coefficient (Wildman–Crippen LogP) is 2.52. The second-order valence-corrected chi connectivity index (χ2v) is 7.27. The van der Waals surface area contributed by atoms with Crippen molar-refractivity contribution < 1.29 is 13.7 Å². The van der Waals surface area contributed by atoms with E-state index in [0.717, 1.165) is 12.0 Å². The minimum absolute atomic E-state index is 0.0476. The number of rotatable bonds is 6. The van der Waals surface area contributed by atoms with Crippen molar-refractivity contribution in [2.45, 2.75) is 43.8 Å². The van der Waals surface area contributed by atoms with Gasteiger partial charge in [0.2, 0.25) is 5.91 Å². The van der Waals surface area contributed by atoms with Crippen molar-refractivity contribution in [3.63, 3.8) is 0 Å². The molecule has 1 aromatic rings. The van der Waals surface area contributed by atoms with Gasteiger partial charge in [-0.2, -0.15) is 0 Å². The molecule has 122 valence electrons. The molecule has 2 rings (SSSR count). The molecule has 22 heavy (non-hydrogen) atoms. The first-order valence-corrected chi connectivity index (χ1v) is 9.22. The summed E-state index contributed by atoms with van der Waals surface area (Å²) in [5.74, 6) is -0.0476. The number of hydrogen-bond acceptors (Lipinski definition) is 3. The molecular weight excluding hydrogens is 298 g/mol. The first-order valence-electron chi connectivity index (χ1n) is 7.94. The number of likely N-dealkylation sites (N-methyl/N-ethyl adjacent to an activating group) is 1. The van der Waals surface area contributed by atoms with Gasteiger partial charge in [-0.1, -0.05) is 30.3 Å². The molecule has 0 N–H and O–H groups in total. The zero-order chi connectivity index (χ0) is 16.1. The molecule has 0 bridgehead atoms. The molecule has 0 aromatic heterocycles. The van der Waals surface area contributed by atoms with Crippen molar-refractivity contribution in [2.24, 2.45) is 0 Å². The average Bonchev–Trinajstić information content (AvgIpc) is 2.96. The lowest BCUT2D eigenvalue weighted by atomic mass is 10.1. The number of nitrogens with zero attached hydrogens (tertiary/aromatic N) is 1. The lowest BCUT2D eigenvalue weighted by molar-refractivity contribution is -0.130. The van der Waals surface area contributed by atoms with E-state index in [0.29, 0.717) is 19.7 Å². The first-order chi connectivity index (χ1) is 10.6. The zero-order valence-corrected chi connectivity index (χ0v) is 14.3. The van der Waals surface area contributed by atoms with Gasteiger partial charge in [0.1, 0.15) is 5.25 Å². The highest BCUT2D eigenvalue weighted by atomic mass is 32.2. The van der Waals surface area contributed by atoms with E-state index < -0.39 is 16.0 Å². The number of ether oxygens (including phenoxy) is 1. The maximum atomic E-state index is 13.1. The monoisotopic (exact) mass is 323 g/mol. The van der Waals surface area contributed by atoms with Crippen LogP contribution in [0.25, 0.3) is 0 Å². The molecule has 1 amide bonds. The van der Waals surface area contributed by atoms with Crippen LogP contribution in [0.1, 0.15) is 38.0 Å². The first kappa shape index (κ1) is 17.2. The van der Waals surface area contributed by atoms with Gasteiger partial charge in [-0.25, -0.2) is 0 Å². The SMILES string of the molecule is CCN(CC)C(=O)[C@H](c1ccccc1)[S@](=O)[C@H]1CCO[C@@H]1C. The highest BCUT2D eigenvalue weighted by Gasteiger charge is 2.39. The summed E-state index contributed by atoms with van der Waals surface area (Å²) >= 11 is 0. The van der Waals surface area contributed by atoms with E-state index in [9.17, 15) is 9.00 Å². The van der Waals surface area contributed by atoms with Crippen LogP contribution in [0.4, 0.5) is 0 Å². The largest absolute Gasteiger partial charge is 0.377 e. The Kier molecular flexibility index (Phi) is 6.15. The normalized spacial score (nSPS) is 24.0. The van der Waals surface area contributed by atoms with Gasteiger partial charge >= 0.3 is 0 Å². The lowest BCUT2D eigenvalue weighted by Gasteiger charge is -2.27. The molecule has 5 heteroatoms. The molecule has 4 nitrogen and oxygen atoms in total. The molecule has 1 heterocycles. The standard InChI is InChI=1S/C17H25NO3S/c1-4-18(5-2)17(19)16(14-9-7-6-8-10-14)22(20)15-11-12-21-13(15)3/h6-10,13,15-16H,4-5,11-12H2,1-3H3/t13-,15+,16+,22-/m1/s1. The van der Waals surface area contributed by atoms with Gasteiger partial charge in [0, 0.05) is 30.5 Å². The van der Waals surface area contributed by atoms with Crippen molar-refractivity contribution in [2.75, 3.05) is 19.7 Å². The van der Waals surface area contributed by atoms with Gasteiger partial charge in [-0.15, -0.1) is 0 Å². The van der Waals surface area contributed by atoms with E-state index in [1.165, 1.54) is 0 Å². The summed E-state index contributed by atoms with van der Waals surface area (Å²) in [6.45, 7) is 7.73. The highest BCUT2D eigenvalue weighted by molar-refractivity contribution is 7.86. The van der Waals surface area contributed by atoms with E-state index in [4.69, 9.17) is 4.74 Å². The van der Waals surface area contributed by atoms with E-state index >= 15 is 0 Å². The van der Waals surface area contributed by atoms with E-state index in [2.05, 4.69) is 0 Å². The number of benzene rings is 1. The predicted molar refractivity (Wildman–Crippen MR) is 89.1 cm³/mol. The lowest BCUT2D eigenvalue weighted by Crippen LogP contribution is -2.39. The molecule has 1 fully saturated rings. The maximum Gasteiger partial charge on any atom is 0.242 e. The fourth-order valence-corrected chi connectivity index (χ4v) is 4.80. The molecule has 1 saturated heterocycles. The van der Waals surface area contributed by atoms with Crippen molar-refractivity contribution in [3.05, 3.63) is 35.9 Å². The molecule has 0 aliphatic carbocycles. The van der Waals surface area contributed by atoms with E-state index in [1.807, 2.05) is 51.1 Å². The third kappa shape index (κ3) is 3.58. The highest BCUT2D eigenvalue weighted by Crippen LogP contribution is 2.30. The van der Waals surface area contributed by atoms with Crippen LogP contribution in [0.15, 0.2) is 30.3 Å². The van der Waals surface area contributed by atoms with Gasteiger partial charge in [0.25, 0.3) is 0 Å². The summed E-state index contributed by atoms with van der Waals surface area (Å²) in [4.78, 5) is 14.7. The van der Waals surface area contributed by atoms with Crippen LogP contribution in [0, 0.1) is 0 Å². The van der Waals surface area contributed by atoms with Gasteiger partial charge in [-0.05, 0) is 32.8 Å². The molecule has 0 unspecified atom stereocenters. The molecular formula is C17H25NO3S. The fourth-order valence-electron chi connectivity index (χ4n) is 2.90. The third-order valence-electron chi connectivity index (χ3n) is 4.24. The smallest absolute Gasteiger partial charge is 0.242 e. The van der Waals surface area contributed by atoms with Crippen molar-refractivity contribution in [3.8, 4) is 0 Å². The van der Waals surface area contributed by atoms with Crippen molar-refractivity contribution in [1.29, 1.82) is 0 Å². The van der Waals surface area contributed by atoms with E-state index in [-0.39, 0.29) is 17.3 Å². The van der Waals surface area contributed by atoms with Gasteiger partial charge in [-0.3, -0.25) is 9.00 Å². The van der Waals surface area contributed by atoms with Crippen LogP contribution in [-0.4, -0.2) is 46.1 Å². The summed E-state index contributed by atoms with van der Waals surface area (Å²) in [6.07, 6.45) is 0.694. The second kappa shape index (κ2) is 7.88. The Hall–Kier alpha value is -1.20. The Morgan fingerprint density at radius 1 is 1.32 bits per heavy atom. The van der Waals surface area contributed by atoms with Crippen molar-refractivity contribution >= 4 is 16.7 Å². The van der Waals surface area contributed by atoms with Crippen LogP contribution >= 0.6 is 0 Å². The number of hydrogen-bond donors (Lipinski definition) is 0. The van der Waals surface area contributed by atoms with Crippen LogP contribution in [0.2, 0.25) is 0 Å². The summed E-state index contributed by atoms with van der Waals surface area (Å²) < 4.78 is 18.7. The minimum atomic E-state index is -1.28. The number of carbonyl (C=O) groups excluding carboxylic acids is 1. The number of carbonyl (C=O) groups is 1. The Morgan fingerprint density at radius 2 is 1.95 bits per heavy atom. The molecule has 1 aliphatic rings. The molecule has 1 aromatic carbocycles. The quantitative estimate of drug-likeness (QED) is 0.808. The molecule has 4 atom stereocenters. The Morgan fingerprint density at radius 3 is 2.45 bits per heavy atom. The molecule has 1 aliphatic heterocycles. The minimum Gasteiger partial charge on any atom is -0.377 e. The van der Waals surface area contributed by atoms with Crippen LogP contribution in [-0.2, 0) is 20.3 Å². The van der Waals surface area contributed by atoms with Crippen LogP contribution < -0.4 is 0 Å². The Bertz CT molecular complexity index is 516. The Balaban J connectivity index is 2.33. The van der Waals surface area contributed by atoms with Gasteiger partial charge < -0.3 is 9.64 Å². The van der Waals surface area contributed by atoms with E-state index in [1.54, 1.807) is 4.90 Å². The summed E-state index contributed by atoms with van der Waals surface area (Å²) in [7, 11) is -1.28. The second-order valence-electron chi connectivity index (χ2n) is 5.53. The van der Waals surface area contributed by atoms with Crippen LogP contribution in [0.3, 0.4) is 0 Å². The topological polar surface area (TPSA) is 46.6 Å². The fraction of sp³-hybridized carbons (Fsp3) is 0.588. The summed E-state index contributed by atoms with van der Waals surface area (Å²) in [5.41, 5.74) is 0.830.